The fourth-order valence-corrected chi connectivity index (χ4v) is 1.88. The van der Waals surface area contributed by atoms with Gasteiger partial charge in [0.2, 0.25) is 0 Å². The highest BCUT2D eigenvalue weighted by Gasteiger charge is 2.11. The van der Waals surface area contributed by atoms with Crippen molar-refractivity contribution < 1.29 is 5.11 Å². The van der Waals surface area contributed by atoms with Gasteiger partial charge in [-0.3, -0.25) is 0 Å². The van der Waals surface area contributed by atoms with Crippen molar-refractivity contribution in [3.8, 4) is 6.07 Å². The van der Waals surface area contributed by atoms with Gasteiger partial charge in [0.15, 0.2) is 0 Å². The third-order valence-corrected chi connectivity index (χ3v) is 3.02. The molecule has 1 unspecified atom stereocenters. The number of likely N-dealkylation sites (N-methyl/N-ethyl adjacent to an activating group) is 1. The lowest BCUT2D eigenvalue weighted by molar-refractivity contribution is 0.270. The van der Waals surface area contributed by atoms with Crippen LogP contribution in [0, 0.1) is 11.3 Å². The van der Waals surface area contributed by atoms with Crippen LogP contribution in [0.25, 0.3) is 0 Å². The zero-order valence-corrected chi connectivity index (χ0v) is 10.3. The van der Waals surface area contributed by atoms with E-state index in [1.54, 1.807) is 12.1 Å². The van der Waals surface area contributed by atoms with Gasteiger partial charge < -0.3 is 10.0 Å². The summed E-state index contributed by atoms with van der Waals surface area (Å²) in [5.41, 5.74) is 1.59. The Morgan fingerprint density at radius 1 is 1.60 bits per heavy atom. The SMILES string of the molecule is CC(CO)N(C)c1ccc(C#N)cc1Br. The quantitative estimate of drug-likeness (QED) is 0.914. The molecule has 0 spiro atoms. The molecule has 0 aliphatic rings. The molecular formula is C11H13BrN2O. The van der Waals surface area contributed by atoms with Crippen LogP contribution in [0.2, 0.25) is 0 Å². The first kappa shape index (κ1) is 12.0. The van der Waals surface area contributed by atoms with Gasteiger partial charge in [0.1, 0.15) is 0 Å². The largest absolute Gasteiger partial charge is 0.394 e. The number of hydrogen-bond acceptors (Lipinski definition) is 3. The van der Waals surface area contributed by atoms with E-state index in [9.17, 15) is 0 Å². The fraction of sp³-hybridized carbons (Fsp3) is 0.364. The van der Waals surface area contributed by atoms with Crippen LogP contribution in [0.5, 0.6) is 0 Å². The Labute approximate surface area is 98.1 Å². The van der Waals surface area contributed by atoms with Gasteiger partial charge in [-0.25, -0.2) is 0 Å². The van der Waals surface area contributed by atoms with Crippen molar-refractivity contribution in [3.63, 3.8) is 0 Å². The molecule has 3 nitrogen and oxygen atoms in total. The smallest absolute Gasteiger partial charge is 0.0992 e. The van der Waals surface area contributed by atoms with E-state index in [4.69, 9.17) is 10.4 Å². The molecule has 0 saturated carbocycles. The number of halogens is 1. The van der Waals surface area contributed by atoms with Gasteiger partial charge in [-0.1, -0.05) is 0 Å². The first-order valence-corrected chi connectivity index (χ1v) is 5.42. The molecule has 0 aromatic heterocycles. The van der Waals surface area contributed by atoms with Crippen LogP contribution in [0.15, 0.2) is 22.7 Å². The van der Waals surface area contributed by atoms with E-state index in [1.165, 1.54) is 0 Å². The van der Waals surface area contributed by atoms with Gasteiger partial charge in [-0.05, 0) is 41.1 Å². The average Bonchev–Trinajstić information content (AvgIpc) is 2.26. The third kappa shape index (κ3) is 2.71. The number of rotatable bonds is 3. The molecule has 0 amide bonds. The molecule has 0 aliphatic heterocycles. The Morgan fingerprint density at radius 3 is 2.73 bits per heavy atom. The molecule has 0 fully saturated rings. The summed E-state index contributed by atoms with van der Waals surface area (Å²) in [7, 11) is 1.91. The van der Waals surface area contributed by atoms with Crippen LogP contribution in [0.3, 0.4) is 0 Å². The minimum atomic E-state index is 0.0502. The minimum Gasteiger partial charge on any atom is -0.394 e. The van der Waals surface area contributed by atoms with Crippen LogP contribution < -0.4 is 4.90 Å². The number of benzene rings is 1. The number of nitriles is 1. The minimum absolute atomic E-state index is 0.0502. The monoisotopic (exact) mass is 268 g/mol. The normalized spacial score (nSPS) is 11.9. The summed E-state index contributed by atoms with van der Waals surface area (Å²) in [5.74, 6) is 0. The summed E-state index contributed by atoms with van der Waals surface area (Å²) in [4.78, 5) is 1.96. The lowest BCUT2D eigenvalue weighted by atomic mass is 10.2. The van der Waals surface area contributed by atoms with E-state index in [2.05, 4.69) is 22.0 Å². The van der Waals surface area contributed by atoms with E-state index in [-0.39, 0.29) is 12.6 Å². The van der Waals surface area contributed by atoms with Crippen molar-refractivity contribution in [2.75, 3.05) is 18.6 Å². The molecule has 80 valence electrons. The number of aliphatic hydroxyl groups is 1. The van der Waals surface area contributed by atoms with E-state index in [1.807, 2.05) is 24.9 Å². The van der Waals surface area contributed by atoms with Crippen molar-refractivity contribution in [2.45, 2.75) is 13.0 Å². The van der Waals surface area contributed by atoms with Crippen LogP contribution in [0.1, 0.15) is 12.5 Å². The van der Waals surface area contributed by atoms with Gasteiger partial charge >= 0.3 is 0 Å². The molecule has 0 aliphatic carbocycles. The van der Waals surface area contributed by atoms with Crippen molar-refractivity contribution in [1.82, 2.24) is 0 Å². The molecule has 1 rings (SSSR count). The fourth-order valence-electron chi connectivity index (χ4n) is 1.22. The van der Waals surface area contributed by atoms with E-state index >= 15 is 0 Å². The molecule has 4 heteroatoms. The van der Waals surface area contributed by atoms with Gasteiger partial charge in [-0.15, -0.1) is 0 Å². The number of anilines is 1. The highest BCUT2D eigenvalue weighted by molar-refractivity contribution is 9.10. The van der Waals surface area contributed by atoms with Crippen LogP contribution >= 0.6 is 15.9 Å². The lowest BCUT2D eigenvalue weighted by Gasteiger charge is -2.26. The topological polar surface area (TPSA) is 47.3 Å². The predicted octanol–water partition coefficient (Wildman–Crippen LogP) is 2.14. The zero-order valence-electron chi connectivity index (χ0n) is 8.74. The maximum absolute atomic E-state index is 9.05. The molecule has 0 saturated heterocycles. The molecule has 0 radical (unpaired) electrons. The van der Waals surface area contributed by atoms with Gasteiger partial charge in [0, 0.05) is 17.6 Å². The van der Waals surface area contributed by atoms with Crippen LogP contribution in [-0.4, -0.2) is 24.8 Å². The predicted molar refractivity (Wildman–Crippen MR) is 63.8 cm³/mol. The second kappa shape index (κ2) is 5.15. The molecule has 1 aromatic rings. The van der Waals surface area contributed by atoms with E-state index in [0.717, 1.165) is 10.2 Å². The van der Waals surface area contributed by atoms with Crippen LogP contribution in [-0.2, 0) is 0 Å². The second-order valence-electron chi connectivity index (χ2n) is 3.42. The Hall–Kier alpha value is -1.05. The Balaban J connectivity index is 3.01. The zero-order chi connectivity index (χ0) is 11.4. The number of hydrogen-bond donors (Lipinski definition) is 1. The van der Waals surface area contributed by atoms with Crippen molar-refractivity contribution >= 4 is 21.6 Å². The summed E-state index contributed by atoms with van der Waals surface area (Å²) < 4.78 is 0.865. The van der Waals surface area contributed by atoms with Crippen molar-refractivity contribution in [2.24, 2.45) is 0 Å². The van der Waals surface area contributed by atoms with Crippen molar-refractivity contribution in [1.29, 1.82) is 5.26 Å². The van der Waals surface area contributed by atoms with Gasteiger partial charge in [0.25, 0.3) is 0 Å². The van der Waals surface area contributed by atoms with Gasteiger partial charge in [-0.2, -0.15) is 5.26 Å². The van der Waals surface area contributed by atoms with Crippen molar-refractivity contribution in [3.05, 3.63) is 28.2 Å². The average molecular weight is 269 g/mol. The van der Waals surface area contributed by atoms with E-state index in [0.29, 0.717) is 5.56 Å². The maximum atomic E-state index is 9.05. The third-order valence-electron chi connectivity index (χ3n) is 2.38. The Morgan fingerprint density at radius 2 is 2.27 bits per heavy atom. The molecule has 0 bridgehead atoms. The highest BCUT2D eigenvalue weighted by atomic mass is 79.9. The Bertz CT molecular complexity index is 387. The summed E-state index contributed by atoms with van der Waals surface area (Å²) in [5, 5.41) is 17.8. The molecule has 1 atom stereocenters. The summed E-state index contributed by atoms with van der Waals surface area (Å²) in [6.07, 6.45) is 0. The van der Waals surface area contributed by atoms with Crippen LogP contribution in [0.4, 0.5) is 5.69 Å². The molecule has 0 heterocycles. The summed E-state index contributed by atoms with van der Waals surface area (Å²) in [6.45, 7) is 2.04. The molecule has 1 N–H and O–H groups in total. The highest BCUT2D eigenvalue weighted by Crippen LogP contribution is 2.27. The molecule has 15 heavy (non-hydrogen) atoms. The number of nitrogens with zero attached hydrogens (tertiary/aromatic N) is 2. The number of aliphatic hydroxyl groups excluding tert-OH is 1. The molecule has 1 aromatic carbocycles. The first-order valence-electron chi connectivity index (χ1n) is 4.63. The first-order chi connectivity index (χ1) is 7.10. The van der Waals surface area contributed by atoms with Gasteiger partial charge in [0.05, 0.1) is 23.9 Å². The standard InChI is InChI=1S/C11H13BrN2O/c1-8(7-15)14(2)11-4-3-9(6-13)5-10(11)12/h3-5,8,15H,7H2,1-2H3. The maximum Gasteiger partial charge on any atom is 0.0992 e. The second-order valence-corrected chi connectivity index (χ2v) is 4.27. The Kier molecular flexibility index (Phi) is 4.13. The van der Waals surface area contributed by atoms with E-state index < -0.39 is 0 Å². The lowest BCUT2D eigenvalue weighted by Crippen LogP contribution is -2.31. The summed E-state index contributed by atoms with van der Waals surface area (Å²) in [6, 6.07) is 7.54. The summed E-state index contributed by atoms with van der Waals surface area (Å²) >= 11 is 3.41. The molecular weight excluding hydrogens is 256 g/mol.